The van der Waals surface area contributed by atoms with Gasteiger partial charge < -0.3 is 20.4 Å². The van der Waals surface area contributed by atoms with Crippen molar-refractivity contribution in [2.24, 2.45) is 0 Å². The van der Waals surface area contributed by atoms with Gasteiger partial charge >= 0.3 is 6.03 Å². The number of urea groups is 1. The fourth-order valence-corrected chi connectivity index (χ4v) is 2.81. The molecule has 0 saturated carbocycles. The van der Waals surface area contributed by atoms with E-state index in [1.807, 2.05) is 24.3 Å². The Morgan fingerprint density at radius 3 is 2.74 bits per heavy atom. The molecule has 3 N–H and O–H groups in total. The molecule has 0 spiro atoms. The summed E-state index contributed by atoms with van der Waals surface area (Å²) in [7, 11) is 0. The highest BCUT2D eigenvalue weighted by Crippen LogP contribution is 2.22. The summed E-state index contributed by atoms with van der Waals surface area (Å²) in [5, 5.41) is 22.0. The molecule has 1 aliphatic rings. The van der Waals surface area contributed by atoms with Crippen molar-refractivity contribution >= 4 is 11.7 Å². The van der Waals surface area contributed by atoms with E-state index >= 15 is 0 Å². The summed E-state index contributed by atoms with van der Waals surface area (Å²) >= 11 is 0. The van der Waals surface area contributed by atoms with Gasteiger partial charge in [-0.1, -0.05) is 26.0 Å². The van der Waals surface area contributed by atoms with Crippen LogP contribution >= 0.6 is 0 Å². The van der Waals surface area contributed by atoms with Crippen LogP contribution < -0.4 is 5.32 Å². The van der Waals surface area contributed by atoms with Gasteiger partial charge in [0.15, 0.2) is 0 Å². The number of β-amino-alcohol motifs (C(OH)–C–C–N with tert-alkyl or cyclic N) is 1. The first-order chi connectivity index (χ1) is 11.0. The molecule has 1 heterocycles. The Labute approximate surface area is 137 Å². The molecule has 6 heteroatoms. The number of rotatable bonds is 6. The zero-order valence-electron chi connectivity index (χ0n) is 14.0. The van der Waals surface area contributed by atoms with E-state index in [1.165, 1.54) is 4.90 Å². The molecule has 1 aromatic carbocycles. The Balaban J connectivity index is 1.96. The van der Waals surface area contributed by atoms with Crippen molar-refractivity contribution < 1.29 is 15.0 Å². The van der Waals surface area contributed by atoms with Crippen molar-refractivity contribution in [2.45, 2.75) is 32.4 Å². The summed E-state index contributed by atoms with van der Waals surface area (Å²) in [6.07, 6.45) is 0.402. The third-order valence-corrected chi connectivity index (χ3v) is 4.39. The monoisotopic (exact) mass is 321 g/mol. The van der Waals surface area contributed by atoms with Gasteiger partial charge in [0, 0.05) is 18.8 Å². The third kappa shape index (κ3) is 4.67. The van der Waals surface area contributed by atoms with Crippen molar-refractivity contribution in [1.82, 2.24) is 9.80 Å². The molecule has 1 fully saturated rings. The number of amides is 2. The number of likely N-dealkylation sites (tertiary alicyclic amines) is 1. The minimum atomic E-state index is -1.16. The summed E-state index contributed by atoms with van der Waals surface area (Å²) < 4.78 is 0. The number of benzene rings is 1. The van der Waals surface area contributed by atoms with Gasteiger partial charge in [-0.2, -0.15) is 0 Å². The van der Waals surface area contributed by atoms with E-state index < -0.39 is 5.60 Å². The predicted molar refractivity (Wildman–Crippen MR) is 90.3 cm³/mol. The van der Waals surface area contributed by atoms with E-state index in [9.17, 15) is 9.90 Å². The number of carbonyl (C=O) groups excluding carboxylic acids is 1. The molecule has 2 rings (SSSR count). The maximum absolute atomic E-state index is 12.3. The van der Waals surface area contributed by atoms with Gasteiger partial charge in [-0.25, -0.2) is 4.79 Å². The van der Waals surface area contributed by atoms with Crippen LogP contribution in [0, 0.1) is 0 Å². The van der Waals surface area contributed by atoms with Crippen LogP contribution in [0.25, 0.3) is 0 Å². The summed E-state index contributed by atoms with van der Waals surface area (Å²) in [6, 6.07) is 7.58. The largest absolute Gasteiger partial charge is 0.393 e. The number of aliphatic hydroxyl groups excluding tert-OH is 1. The Kier molecular flexibility index (Phi) is 5.98. The number of hydrogen-bond donors (Lipinski definition) is 3. The molecule has 0 aromatic heterocycles. The maximum Gasteiger partial charge on any atom is 0.321 e. The molecule has 128 valence electrons. The Morgan fingerprint density at radius 1 is 1.39 bits per heavy atom. The number of nitrogens with one attached hydrogen (secondary N) is 1. The van der Waals surface area contributed by atoms with E-state index in [-0.39, 0.29) is 19.2 Å². The molecule has 0 radical (unpaired) electrons. The lowest BCUT2D eigenvalue weighted by molar-refractivity contribution is -0.00246. The lowest BCUT2D eigenvalue weighted by Crippen LogP contribution is -2.40. The predicted octanol–water partition coefficient (Wildman–Crippen LogP) is 1.49. The average molecular weight is 321 g/mol. The third-order valence-electron chi connectivity index (χ3n) is 4.39. The molecular weight excluding hydrogens is 294 g/mol. The number of nitrogens with zero attached hydrogens (tertiary/aromatic N) is 2. The van der Waals surface area contributed by atoms with Gasteiger partial charge in [0.2, 0.25) is 0 Å². The van der Waals surface area contributed by atoms with Gasteiger partial charge in [0.1, 0.15) is 5.60 Å². The Morgan fingerprint density at radius 2 is 2.13 bits per heavy atom. The van der Waals surface area contributed by atoms with Crippen LogP contribution in [0.5, 0.6) is 0 Å². The fourth-order valence-electron chi connectivity index (χ4n) is 2.81. The number of carbonyl (C=O) groups is 1. The van der Waals surface area contributed by atoms with Gasteiger partial charge in [0.05, 0.1) is 13.2 Å². The molecule has 6 nitrogen and oxygen atoms in total. The van der Waals surface area contributed by atoms with Crippen molar-refractivity contribution in [3.05, 3.63) is 29.8 Å². The SMILES string of the molecule is CCN(CC)Cc1cccc(NC(=O)N2CC[C@](O)(CO)C2)c1. The Hall–Kier alpha value is -1.63. The number of hydrogen-bond acceptors (Lipinski definition) is 4. The first-order valence-electron chi connectivity index (χ1n) is 8.20. The standard InChI is InChI=1S/C17H27N3O3/c1-3-19(4-2)11-14-6-5-7-15(10-14)18-16(22)20-9-8-17(23,12-20)13-21/h5-7,10,21,23H,3-4,8-9,11-13H2,1-2H3,(H,18,22)/t17-/m1/s1. The van der Waals surface area contributed by atoms with Gasteiger partial charge in [-0.3, -0.25) is 4.90 Å². The number of anilines is 1. The van der Waals surface area contributed by atoms with Crippen LogP contribution in [0.4, 0.5) is 10.5 Å². The van der Waals surface area contributed by atoms with Gasteiger partial charge in [-0.15, -0.1) is 0 Å². The lowest BCUT2D eigenvalue weighted by atomic mass is 10.1. The van der Waals surface area contributed by atoms with Crippen LogP contribution in [0.15, 0.2) is 24.3 Å². The van der Waals surface area contributed by atoms with Crippen LogP contribution in [0.3, 0.4) is 0 Å². The normalized spacial score (nSPS) is 21.0. The van der Waals surface area contributed by atoms with Crippen molar-refractivity contribution in [3.63, 3.8) is 0 Å². The molecule has 1 aliphatic heterocycles. The second-order valence-corrected chi connectivity index (χ2v) is 6.15. The van der Waals surface area contributed by atoms with Crippen LogP contribution in [0.2, 0.25) is 0 Å². The minimum Gasteiger partial charge on any atom is -0.393 e. The van der Waals surface area contributed by atoms with Crippen LogP contribution in [-0.4, -0.2) is 64.4 Å². The van der Waals surface area contributed by atoms with E-state index in [0.29, 0.717) is 13.0 Å². The van der Waals surface area contributed by atoms with E-state index in [1.54, 1.807) is 0 Å². The zero-order valence-corrected chi connectivity index (χ0v) is 14.0. The highest BCUT2D eigenvalue weighted by atomic mass is 16.3. The molecule has 0 unspecified atom stereocenters. The van der Waals surface area contributed by atoms with Crippen molar-refractivity contribution in [1.29, 1.82) is 0 Å². The summed E-state index contributed by atoms with van der Waals surface area (Å²) in [5.41, 5.74) is 0.737. The summed E-state index contributed by atoms with van der Waals surface area (Å²) in [6.45, 7) is 7.37. The van der Waals surface area contributed by atoms with E-state index in [2.05, 4.69) is 24.1 Å². The quantitative estimate of drug-likeness (QED) is 0.742. The molecule has 1 atom stereocenters. The zero-order chi connectivity index (χ0) is 16.9. The topological polar surface area (TPSA) is 76.0 Å². The number of aliphatic hydroxyl groups is 2. The smallest absolute Gasteiger partial charge is 0.321 e. The van der Waals surface area contributed by atoms with Gasteiger partial charge in [-0.05, 0) is 37.2 Å². The van der Waals surface area contributed by atoms with E-state index in [4.69, 9.17) is 5.11 Å². The summed E-state index contributed by atoms with van der Waals surface area (Å²) in [4.78, 5) is 16.1. The molecule has 0 aliphatic carbocycles. The average Bonchev–Trinajstić information content (AvgIpc) is 2.96. The minimum absolute atomic E-state index is 0.161. The fraction of sp³-hybridized carbons (Fsp3) is 0.588. The molecule has 1 aromatic rings. The molecule has 2 amide bonds. The molecular formula is C17H27N3O3. The lowest BCUT2D eigenvalue weighted by Gasteiger charge is -2.21. The first kappa shape index (κ1) is 17.7. The molecule has 23 heavy (non-hydrogen) atoms. The van der Waals surface area contributed by atoms with E-state index in [0.717, 1.165) is 30.9 Å². The molecule has 1 saturated heterocycles. The highest BCUT2D eigenvalue weighted by molar-refractivity contribution is 5.89. The molecule has 0 bridgehead atoms. The van der Waals surface area contributed by atoms with Gasteiger partial charge in [0.25, 0.3) is 0 Å². The second kappa shape index (κ2) is 7.77. The van der Waals surface area contributed by atoms with Crippen molar-refractivity contribution in [2.75, 3.05) is 38.1 Å². The van der Waals surface area contributed by atoms with Crippen LogP contribution in [0.1, 0.15) is 25.8 Å². The second-order valence-electron chi connectivity index (χ2n) is 6.15. The first-order valence-corrected chi connectivity index (χ1v) is 8.20. The van der Waals surface area contributed by atoms with Crippen LogP contribution in [-0.2, 0) is 6.54 Å². The highest BCUT2D eigenvalue weighted by Gasteiger charge is 2.37. The Bertz CT molecular complexity index is 534. The maximum atomic E-state index is 12.3. The van der Waals surface area contributed by atoms with Crippen molar-refractivity contribution in [3.8, 4) is 0 Å². The summed E-state index contributed by atoms with van der Waals surface area (Å²) in [5.74, 6) is 0.